The van der Waals surface area contributed by atoms with E-state index in [9.17, 15) is 24.5 Å². The SMILES string of the molecule is O=C(CN1C(=O)S/C(=C\c2cc([N+](=O)[O-])c(Cl)cc2Cl)C1=O)Nc1ccc(Cl)cc1. The van der Waals surface area contributed by atoms with Crippen LogP contribution >= 0.6 is 46.6 Å². The Morgan fingerprint density at radius 1 is 1.13 bits per heavy atom. The molecule has 1 aliphatic heterocycles. The van der Waals surface area contributed by atoms with Gasteiger partial charge in [-0.15, -0.1) is 0 Å². The van der Waals surface area contributed by atoms with Crippen molar-refractivity contribution in [3.05, 3.63) is 72.0 Å². The standard InChI is InChI=1S/C18H10Cl3N3O5S/c19-10-1-3-11(4-2-10)22-16(25)8-23-17(26)15(30-18(23)27)6-9-5-14(24(28)29)13(21)7-12(9)20/h1-7H,8H2,(H,22,25)/b15-6-. The first kappa shape index (κ1) is 22.1. The zero-order chi connectivity index (χ0) is 22.0. The lowest BCUT2D eigenvalue weighted by molar-refractivity contribution is -0.384. The Kier molecular flexibility index (Phi) is 6.67. The van der Waals surface area contributed by atoms with E-state index >= 15 is 0 Å². The monoisotopic (exact) mass is 485 g/mol. The maximum atomic E-state index is 12.6. The molecule has 3 rings (SSSR count). The van der Waals surface area contributed by atoms with E-state index in [1.54, 1.807) is 24.3 Å². The molecule has 0 aliphatic carbocycles. The van der Waals surface area contributed by atoms with E-state index < -0.39 is 34.2 Å². The average Bonchev–Trinajstić information content (AvgIpc) is 2.93. The number of nitro benzene ring substituents is 1. The quantitative estimate of drug-likeness (QED) is 0.352. The van der Waals surface area contributed by atoms with Crippen LogP contribution in [0.5, 0.6) is 0 Å². The van der Waals surface area contributed by atoms with E-state index in [0.717, 1.165) is 11.0 Å². The number of amides is 3. The van der Waals surface area contributed by atoms with Crippen LogP contribution in [0.2, 0.25) is 15.1 Å². The fourth-order valence-electron chi connectivity index (χ4n) is 2.46. The zero-order valence-electron chi connectivity index (χ0n) is 14.7. The average molecular weight is 487 g/mol. The summed E-state index contributed by atoms with van der Waals surface area (Å²) in [7, 11) is 0. The van der Waals surface area contributed by atoms with E-state index in [1.807, 2.05) is 0 Å². The Labute approximate surface area is 188 Å². The van der Waals surface area contributed by atoms with E-state index in [0.29, 0.717) is 22.5 Å². The first-order valence-electron chi connectivity index (χ1n) is 8.10. The minimum atomic E-state index is -0.718. The molecule has 0 radical (unpaired) electrons. The number of carbonyl (C=O) groups is 3. The molecule has 1 fully saturated rings. The van der Waals surface area contributed by atoms with Gasteiger partial charge < -0.3 is 5.32 Å². The van der Waals surface area contributed by atoms with Gasteiger partial charge in [-0.2, -0.15) is 0 Å². The van der Waals surface area contributed by atoms with E-state index in [4.69, 9.17) is 34.8 Å². The highest BCUT2D eigenvalue weighted by atomic mass is 35.5. The van der Waals surface area contributed by atoms with E-state index in [1.165, 1.54) is 12.1 Å². The second-order valence-electron chi connectivity index (χ2n) is 5.91. The Hall–Kier alpha value is -2.59. The fourth-order valence-corrected chi connectivity index (χ4v) is 3.92. The molecule has 2 aromatic carbocycles. The molecule has 1 N–H and O–H groups in total. The number of nitro groups is 1. The van der Waals surface area contributed by atoms with Crippen LogP contribution in [-0.2, 0) is 9.59 Å². The van der Waals surface area contributed by atoms with Crippen molar-refractivity contribution in [2.24, 2.45) is 0 Å². The smallest absolute Gasteiger partial charge is 0.294 e. The lowest BCUT2D eigenvalue weighted by Crippen LogP contribution is -2.36. The molecule has 0 unspecified atom stereocenters. The molecule has 0 aromatic heterocycles. The molecule has 3 amide bonds. The highest BCUT2D eigenvalue weighted by molar-refractivity contribution is 8.18. The molecule has 0 bridgehead atoms. The van der Waals surface area contributed by atoms with Gasteiger partial charge in [0.15, 0.2) is 0 Å². The molecular weight excluding hydrogens is 477 g/mol. The zero-order valence-corrected chi connectivity index (χ0v) is 17.8. The summed E-state index contributed by atoms with van der Waals surface area (Å²) in [5.41, 5.74) is 0.199. The summed E-state index contributed by atoms with van der Waals surface area (Å²) in [6.07, 6.45) is 1.24. The molecule has 154 valence electrons. The number of anilines is 1. The van der Waals surface area contributed by atoms with Crippen LogP contribution in [0, 0.1) is 10.1 Å². The van der Waals surface area contributed by atoms with Crippen LogP contribution in [-0.4, -0.2) is 33.4 Å². The summed E-state index contributed by atoms with van der Waals surface area (Å²) in [5.74, 6) is -1.30. The summed E-state index contributed by atoms with van der Waals surface area (Å²) < 4.78 is 0. The predicted octanol–water partition coefficient (Wildman–Crippen LogP) is 5.23. The molecule has 12 heteroatoms. The topological polar surface area (TPSA) is 110 Å². The highest BCUT2D eigenvalue weighted by Crippen LogP contribution is 2.36. The Balaban J connectivity index is 1.77. The Morgan fingerprint density at radius 3 is 2.43 bits per heavy atom. The van der Waals surface area contributed by atoms with Gasteiger partial charge in [-0.25, -0.2) is 0 Å². The number of rotatable bonds is 5. The van der Waals surface area contributed by atoms with Gasteiger partial charge in [0.1, 0.15) is 11.6 Å². The van der Waals surface area contributed by atoms with Gasteiger partial charge in [0.25, 0.3) is 16.8 Å². The van der Waals surface area contributed by atoms with Gasteiger partial charge in [0, 0.05) is 27.4 Å². The van der Waals surface area contributed by atoms with Gasteiger partial charge in [-0.1, -0.05) is 34.8 Å². The Bertz CT molecular complexity index is 1100. The third kappa shape index (κ3) is 4.93. The number of halogens is 3. The summed E-state index contributed by atoms with van der Waals surface area (Å²) >= 11 is 18.2. The molecule has 0 saturated carbocycles. The van der Waals surface area contributed by atoms with Crippen LogP contribution in [0.4, 0.5) is 16.2 Å². The summed E-state index contributed by atoms with van der Waals surface area (Å²) in [6.45, 7) is -0.501. The van der Waals surface area contributed by atoms with Crippen molar-refractivity contribution in [1.82, 2.24) is 4.90 Å². The molecule has 30 heavy (non-hydrogen) atoms. The fraction of sp³-hybridized carbons (Fsp3) is 0.0556. The summed E-state index contributed by atoms with van der Waals surface area (Å²) in [5, 5.41) is 13.4. The van der Waals surface area contributed by atoms with Crippen LogP contribution in [0.1, 0.15) is 5.56 Å². The number of carbonyl (C=O) groups excluding carboxylic acids is 3. The molecule has 0 spiro atoms. The van der Waals surface area contributed by atoms with Crippen LogP contribution in [0.15, 0.2) is 41.3 Å². The first-order chi connectivity index (χ1) is 14.2. The van der Waals surface area contributed by atoms with Crippen molar-refractivity contribution in [2.45, 2.75) is 0 Å². The minimum absolute atomic E-state index is 0.0298. The van der Waals surface area contributed by atoms with Crippen molar-refractivity contribution in [2.75, 3.05) is 11.9 Å². The summed E-state index contributed by atoms with van der Waals surface area (Å²) in [4.78, 5) is 48.1. The molecule has 1 aliphatic rings. The number of hydrogen-bond donors (Lipinski definition) is 1. The van der Waals surface area contributed by atoms with E-state index in [-0.39, 0.29) is 20.5 Å². The lowest BCUT2D eigenvalue weighted by Gasteiger charge is -2.12. The molecular formula is C18H10Cl3N3O5S. The minimum Gasteiger partial charge on any atom is -0.325 e. The van der Waals surface area contributed by atoms with Crippen LogP contribution < -0.4 is 5.32 Å². The predicted molar refractivity (Wildman–Crippen MR) is 116 cm³/mol. The molecule has 8 nitrogen and oxygen atoms in total. The van der Waals surface area contributed by atoms with Crippen molar-refractivity contribution in [1.29, 1.82) is 0 Å². The van der Waals surface area contributed by atoms with E-state index in [2.05, 4.69) is 5.32 Å². The molecule has 0 atom stereocenters. The van der Waals surface area contributed by atoms with Gasteiger partial charge in [0.05, 0.1) is 9.83 Å². The van der Waals surface area contributed by atoms with Gasteiger partial charge in [0.2, 0.25) is 5.91 Å². The second-order valence-corrected chi connectivity index (χ2v) is 8.15. The van der Waals surface area contributed by atoms with Crippen molar-refractivity contribution >= 4 is 81.1 Å². The number of thioether (sulfide) groups is 1. The number of benzene rings is 2. The van der Waals surface area contributed by atoms with Crippen molar-refractivity contribution in [3.63, 3.8) is 0 Å². The number of imide groups is 1. The van der Waals surface area contributed by atoms with Crippen molar-refractivity contribution in [3.8, 4) is 0 Å². The molecule has 2 aromatic rings. The van der Waals surface area contributed by atoms with Crippen LogP contribution in [0.25, 0.3) is 6.08 Å². The van der Waals surface area contributed by atoms with Gasteiger partial charge in [-0.05, 0) is 48.2 Å². The maximum absolute atomic E-state index is 12.6. The lowest BCUT2D eigenvalue weighted by atomic mass is 10.2. The number of nitrogens with zero attached hydrogens (tertiary/aromatic N) is 2. The molecule has 1 saturated heterocycles. The van der Waals surface area contributed by atoms with Gasteiger partial charge >= 0.3 is 0 Å². The normalized spacial score (nSPS) is 15.0. The third-order valence-corrected chi connectivity index (χ3v) is 5.64. The van der Waals surface area contributed by atoms with Gasteiger partial charge in [-0.3, -0.25) is 29.4 Å². The molecule has 1 heterocycles. The Morgan fingerprint density at radius 2 is 1.80 bits per heavy atom. The maximum Gasteiger partial charge on any atom is 0.294 e. The number of nitrogens with one attached hydrogen (secondary N) is 1. The third-order valence-electron chi connectivity index (χ3n) is 3.85. The van der Waals surface area contributed by atoms with Crippen LogP contribution in [0.3, 0.4) is 0 Å². The number of hydrogen-bond acceptors (Lipinski definition) is 6. The second kappa shape index (κ2) is 9.05. The van der Waals surface area contributed by atoms with Crippen molar-refractivity contribution < 1.29 is 19.3 Å². The summed E-state index contributed by atoms with van der Waals surface area (Å²) in [6, 6.07) is 8.58. The largest absolute Gasteiger partial charge is 0.325 e. The first-order valence-corrected chi connectivity index (χ1v) is 10.0. The highest BCUT2D eigenvalue weighted by Gasteiger charge is 2.36.